The molecule has 0 atom stereocenters. The van der Waals surface area contributed by atoms with E-state index >= 15 is 0 Å². The first-order valence-electron chi connectivity index (χ1n) is 11.4. The summed E-state index contributed by atoms with van der Waals surface area (Å²) >= 11 is 0. The highest BCUT2D eigenvalue weighted by Gasteiger charge is 2.10. The number of anilines is 1. The molecule has 0 N–H and O–H groups in total. The Hall–Kier alpha value is -3.79. The van der Waals surface area contributed by atoms with Crippen LogP contribution < -0.4 is 9.64 Å². The molecular formula is C29H29NO3. The molecule has 4 heteroatoms. The van der Waals surface area contributed by atoms with Gasteiger partial charge in [0.05, 0.1) is 18.8 Å². The molecule has 0 aromatic heterocycles. The Balaban J connectivity index is 1.25. The van der Waals surface area contributed by atoms with Crippen LogP contribution in [-0.4, -0.2) is 25.7 Å². The maximum absolute atomic E-state index is 12.4. The number of benzene rings is 4. The molecule has 0 unspecified atom stereocenters. The van der Waals surface area contributed by atoms with Crippen molar-refractivity contribution in [3.05, 3.63) is 108 Å². The van der Waals surface area contributed by atoms with Gasteiger partial charge >= 0.3 is 5.97 Å². The summed E-state index contributed by atoms with van der Waals surface area (Å²) in [5.74, 6) is 0.545. The van der Waals surface area contributed by atoms with E-state index in [1.165, 1.54) is 5.56 Å². The van der Waals surface area contributed by atoms with E-state index in [0.717, 1.165) is 35.3 Å². The predicted molar refractivity (Wildman–Crippen MR) is 134 cm³/mol. The molecule has 0 saturated heterocycles. The summed E-state index contributed by atoms with van der Waals surface area (Å²) in [6.45, 7) is 4.66. The van der Waals surface area contributed by atoms with Gasteiger partial charge < -0.3 is 14.4 Å². The standard InChI is InChI=1S/C29H29NO3/c1-2-30(22-23-10-4-3-5-11-23)26-18-16-25(17-19-26)29(31)33-21-9-20-32-28-15-8-13-24-12-6-7-14-27(24)28/h3-8,10-19H,2,9,20-22H2,1H3. The predicted octanol–water partition coefficient (Wildman–Crippen LogP) is 6.49. The summed E-state index contributed by atoms with van der Waals surface area (Å²) < 4.78 is 11.4. The molecule has 33 heavy (non-hydrogen) atoms. The molecule has 0 aliphatic heterocycles. The van der Waals surface area contributed by atoms with Crippen LogP contribution in [0.4, 0.5) is 5.69 Å². The van der Waals surface area contributed by atoms with E-state index in [1.807, 2.05) is 60.7 Å². The third kappa shape index (κ3) is 5.92. The molecule has 0 bridgehead atoms. The lowest BCUT2D eigenvalue weighted by atomic mass is 10.1. The molecule has 4 rings (SSSR count). The Kier molecular flexibility index (Phi) is 7.60. The molecule has 0 radical (unpaired) electrons. The fourth-order valence-corrected chi connectivity index (χ4v) is 3.81. The lowest BCUT2D eigenvalue weighted by Crippen LogP contribution is -2.22. The van der Waals surface area contributed by atoms with Gasteiger partial charge in [0.15, 0.2) is 0 Å². The van der Waals surface area contributed by atoms with Crippen molar-refractivity contribution in [1.82, 2.24) is 0 Å². The van der Waals surface area contributed by atoms with Crippen LogP contribution in [0.1, 0.15) is 29.3 Å². The SMILES string of the molecule is CCN(Cc1ccccc1)c1ccc(C(=O)OCCCOc2cccc3ccccc23)cc1. The first-order valence-corrected chi connectivity index (χ1v) is 11.4. The van der Waals surface area contributed by atoms with Crippen molar-refractivity contribution in [1.29, 1.82) is 0 Å². The fourth-order valence-electron chi connectivity index (χ4n) is 3.81. The van der Waals surface area contributed by atoms with Gasteiger partial charge in [-0.15, -0.1) is 0 Å². The molecule has 168 valence electrons. The van der Waals surface area contributed by atoms with E-state index in [4.69, 9.17) is 9.47 Å². The lowest BCUT2D eigenvalue weighted by molar-refractivity contribution is 0.0486. The molecule has 0 spiro atoms. The number of fused-ring (bicyclic) bond motifs is 1. The van der Waals surface area contributed by atoms with Crippen LogP contribution in [-0.2, 0) is 11.3 Å². The first-order chi connectivity index (χ1) is 16.2. The van der Waals surface area contributed by atoms with Crippen molar-refractivity contribution < 1.29 is 14.3 Å². The topological polar surface area (TPSA) is 38.8 Å². The molecule has 0 heterocycles. The molecule has 4 aromatic carbocycles. The number of carbonyl (C=O) groups excluding carboxylic acids is 1. The van der Waals surface area contributed by atoms with Crippen molar-refractivity contribution in [3.63, 3.8) is 0 Å². The van der Waals surface area contributed by atoms with Crippen LogP contribution in [0.3, 0.4) is 0 Å². The van der Waals surface area contributed by atoms with Crippen LogP contribution in [0.15, 0.2) is 97.1 Å². The van der Waals surface area contributed by atoms with E-state index in [2.05, 4.69) is 48.2 Å². The van der Waals surface area contributed by atoms with Crippen LogP contribution >= 0.6 is 0 Å². The average molecular weight is 440 g/mol. The van der Waals surface area contributed by atoms with E-state index in [0.29, 0.717) is 25.2 Å². The normalized spacial score (nSPS) is 10.7. The Labute approximate surface area is 195 Å². The molecule has 4 aromatic rings. The Morgan fingerprint density at radius 3 is 2.30 bits per heavy atom. The largest absolute Gasteiger partial charge is 0.493 e. The highest BCUT2D eigenvalue weighted by molar-refractivity contribution is 5.90. The van der Waals surface area contributed by atoms with Gasteiger partial charge in [-0.2, -0.15) is 0 Å². The van der Waals surface area contributed by atoms with Gasteiger partial charge in [0, 0.05) is 30.6 Å². The zero-order chi connectivity index (χ0) is 22.9. The Morgan fingerprint density at radius 2 is 1.52 bits per heavy atom. The highest BCUT2D eigenvalue weighted by Crippen LogP contribution is 2.25. The summed E-state index contributed by atoms with van der Waals surface area (Å²) in [6, 6.07) is 32.1. The van der Waals surface area contributed by atoms with E-state index in [-0.39, 0.29) is 5.97 Å². The number of carbonyl (C=O) groups is 1. The maximum atomic E-state index is 12.4. The summed E-state index contributed by atoms with van der Waals surface area (Å²) in [6.07, 6.45) is 0.633. The second-order valence-corrected chi connectivity index (χ2v) is 7.86. The van der Waals surface area contributed by atoms with E-state index < -0.39 is 0 Å². The summed E-state index contributed by atoms with van der Waals surface area (Å²) in [7, 11) is 0. The number of esters is 1. The third-order valence-corrected chi connectivity index (χ3v) is 5.60. The Morgan fingerprint density at radius 1 is 0.788 bits per heavy atom. The number of hydrogen-bond acceptors (Lipinski definition) is 4. The summed E-state index contributed by atoms with van der Waals surface area (Å²) in [5, 5.41) is 2.24. The molecule has 0 aliphatic carbocycles. The quantitative estimate of drug-likeness (QED) is 0.209. The fraction of sp³-hybridized carbons (Fsp3) is 0.207. The third-order valence-electron chi connectivity index (χ3n) is 5.60. The monoisotopic (exact) mass is 439 g/mol. The van der Waals surface area contributed by atoms with Crippen molar-refractivity contribution >= 4 is 22.4 Å². The van der Waals surface area contributed by atoms with Gasteiger partial charge in [-0.1, -0.05) is 66.7 Å². The second kappa shape index (κ2) is 11.2. The molecule has 0 aliphatic rings. The van der Waals surface area contributed by atoms with Gasteiger partial charge in [0.2, 0.25) is 0 Å². The van der Waals surface area contributed by atoms with Crippen molar-refractivity contribution in [3.8, 4) is 5.75 Å². The highest BCUT2D eigenvalue weighted by atomic mass is 16.5. The van der Waals surface area contributed by atoms with Gasteiger partial charge in [-0.3, -0.25) is 0 Å². The number of ether oxygens (including phenoxy) is 2. The van der Waals surface area contributed by atoms with E-state index in [9.17, 15) is 4.79 Å². The first kappa shape index (κ1) is 22.4. The summed E-state index contributed by atoms with van der Waals surface area (Å²) in [4.78, 5) is 14.7. The second-order valence-electron chi connectivity index (χ2n) is 7.86. The molecular weight excluding hydrogens is 410 g/mol. The van der Waals surface area contributed by atoms with Crippen LogP contribution in [0.5, 0.6) is 5.75 Å². The van der Waals surface area contributed by atoms with Crippen LogP contribution in [0.25, 0.3) is 10.8 Å². The minimum atomic E-state index is -0.308. The molecule has 4 nitrogen and oxygen atoms in total. The van der Waals surface area contributed by atoms with Crippen molar-refractivity contribution in [2.45, 2.75) is 19.9 Å². The number of nitrogens with zero attached hydrogens (tertiary/aromatic N) is 1. The van der Waals surface area contributed by atoms with Gasteiger partial charge in [0.1, 0.15) is 5.75 Å². The molecule has 0 amide bonds. The van der Waals surface area contributed by atoms with Crippen LogP contribution in [0.2, 0.25) is 0 Å². The summed E-state index contributed by atoms with van der Waals surface area (Å²) in [5.41, 5.74) is 2.90. The zero-order valence-electron chi connectivity index (χ0n) is 18.9. The van der Waals surface area contributed by atoms with Gasteiger partial charge in [-0.25, -0.2) is 4.79 Å². The maximum Gasteiger partial charge on any atom is 0.338 e. The van der Waals surface area contributed by atoms with Crippen LogP contribution in [0, 0.1) is 0 Å². The van der Waals surface area contributed by atoms with Crippen molar-refractivity contribution in [2.24, 2.45) is 0 Å². The number of rotatable bonds is 10. The molecule has 0 fully saturated rings. The smallest absolute Gasteiger partial charge is 0.338 e. The minimum absolute atomic E-state index is 0.308. The van der Waals surface area contributed by atoms with E-state index in [1.54, 1.807) is 0 Å². The average Bonchev–Trinajstić information content (AvgIpc) is 2.88. The van der Waals surface area contributed by atoms with Gasteiger partial charge in [-0.05, 0) is 48.2 Å². The minimum Gasteiger partial charge on any atom is -0.493 e. The van der Waals surface area contributed by atoms with Crippen molar-refractivity contribution in [2.75, 3.05) is 24.7 Å². The molecule has 0 saturated carbocycles. The Bertz CT molecular complexity index is 1170. The number of hydrogen-bond donors (Lipinski definition) is 0. The zero-order valence-corrected chi connectivity index (χ0v) is 18.9. The van der Waals surface area contributed by atoms with Gasteiger partial charge in [0.25, 0.3) is 0 Å². The lowest BCUT2D eigenvalue weighted by Gasteiger charge is -2.23.